The SMILES string of the molecule is COc1cc(/C=C/[N+](=O)[O-])cc(Br)c1OC(=O)c1ccccc1CCc1ccccc1. The molecule has 0 saturated heterocycles. The van der Waals surface area contributed by atoms with E-state index in [-0.39, 0.29) is 11.5 Å². The Labute approximate surface area is 188 Å². The van der Waals surface area contributed by atoms with Gasteiger partial charge in [-0.2, -0.15) is 0 Å². The summed E-state index contributed by atoms with van der Waals surface area (Å²) in [6.45, 7) is 0. The van der Waals surface area contributed by atoms with E-state index in [2.05, 4.69) is 28.1 Å². The van der Waals surface area contributed by atoms with Gasteiger partial charge in [-0.05, 0) is 63.7 Å². The Bertz CT molecular complexity index is 1110. The maximum Gasteiger partial charge on any atom is 0.343 e. The number of nitro groups is 1. The second-order valence-corrected chi connectivity index (χ2v) is 7.52. The molecule has 0 N–H and O–H groups in total. The van der Waals surface area contributed by atoms with Crippen LogP contribution < -0.4 is 9.47 Å². The Balaban J connectivity index is 1.82. The molecule has 6 nitrogen and oxygen atoms in total. The summed E-state index contributed by atoms with van der Waals surface area (Å²) in [5.74, 6) is -0.00708. The van der Waals surface area contributed by atoms with Crippen LogP contribution >= 0.6 is 15.9 Å². The Kier molecular flexibility index (Phi) is 7.56. The van der Waals surface area contributed by atoms with E-state index < -0.39 is 10.9 Å². The first-order chi connectivity index (χ1) is 15.0. The second-order valence-electron chi connectivity index (χ2n) is 6.67. The fourth-order valence-corrected chi connectivity index (χ4v) is 3.63. The van der Waals surface area contributed by atoms with E-state index in [1.54, 1.807) is 24.3 Å². The highest BCUT2D eigenvalue weighted by Gasteiger charge is 2.19. The van der Waals surface area contributed by atoms with Crippen molar-refractivity contribution < 1.29 is 19.2 Å². The molecule has 0 bridgehead atoms. The zero-order valence-corrected chi connectivity index (χ0v) is 18.4. The van der Waals surface area contributed by atoms with Crippen LogP contribution in [0.1, 0.15) is 27.0 Å². The van der Waals surface area contributed by atoms with Gasteiger partial charge in [-0.3, -0.25) is 10.1 Å². The molecule has 0 aliphatic heterocycles. The molecule has 0 spiro atoms. The fraction of sp³-hybridized carbons (Fsp3) is 0.125. The van der Waals surface area contributed by atoms with Gasteiger partial charge in [0.2, 0.25) is 6.20 Å². The van der Waals surface area contributed by atoms with E-state index in [1.165, 1.54) is 18.7 Å². The van der Waals surface area contributed by atoms with Crippen LogP contribution in [0.4, 0.5) is 0 Å². The highest BCUT2D eigenvalue weighted by atomic mass is 79.9. The van der Waals surface area contributed by atoms with Crippen molar-refractivity contribution in [2.75, 3.05) is 7.11 Å². The number of carbonyl (C=O) groups is 1. The first-order valence-electron chi connectivity index (χ1n) is 9.51. The van der Waals surface area contributed by atoms with Gasteiger partial charge in [-0.1, -0.05) is 48.5 Å². The number of ether oxygens (including phenoxy) is 2. The lowest BCUT2D eigenvalue weighted by atomic mass is 10.00. The number of nitrogens with zero attached hydrogens (tertiary/aromatic N) is 1. The zero-order valence-electron chi connectivity index (χ0n) is 16.8. The number of rotatable bonds is 8. The van der Waals surface area contributed by atoms with Gasteiger partial charge in [-0.25, -0.2) is 4.79 Å². The van der Waals surface area contributed by atoms with Gasteiger partial charge in [0.1, 0.15) is 0 Å². The van der Waals surface area contributed by atoms with Gasteiger partial charge in [0, 0.05) is 6.08 Å². The minimum absolute atomic E-state index is 0.212. The summed E-state index contributed by atoms with van der Waals surface area (Å²) in [5, 5.41) is 10.6. The summed E-state index contributed by atoms with van der Waals surface area (Å²) in [6.07, 6.45) is 3.65. The number of benzene rings is 3. The van der Waals surface area contributed by atoms with Gasteiger partial charge < -0.3 is 9.47 Å². The van der Waals surface area contributed by atoms with Gasteiger partial charge in [0.05, 0.1) is 22.1 Å². The van der Waals surface area contributed by atoms with Crippen LogP contribution in [0.5, 0.6) is 11.5 Å². The van der Waals surface area contributed by atoms with Gasteiger partial charge in [-0.15, -0.1) is 0 Å². The Morgan fingerprint density at radius 2 is 1.77 bits per heavy atom. The van der Waals surface area contributed by atoms with Crippen LogP contribution in [0, 0.1) is 10.1 Å². The van der Waals surface area contributed by atoms with Gasteiger partial charge in [0.25, 0.3) is 0 Å². The predicted molar refractivity (Wildman–Crippen MR) is 122 cm³/mol. The predicted octanol–water partition coefficient (Wildman–Crippen LogP) is 5.71. The summed E-state index contributed by atoms with van der Waals surface area (Å²) < 4.78 is 11.4. The van der Waals surface area contributed by atoms with Crippen LogP contribution in [0.2, 0.25) is 0 Å². The summed E-state index contributed by atoms with van der Waals surface area (Å²) in [5.41, 5.74) is 3.08. The minimum Gasteiger partial charge on any atom is -0.493 e. The molecule has 0 atom stereocenters. The molecule has 31 heavy (non-hydrogen) atoms. The van der Waals surface area contributed by atoms with Crippen molar-refractivity contribution >= 4 is 28.0 Å². The summed E-state index contributed by atoms with van der Waals surface area (Å²) in [7, 11) is 1.44. The number of hydrogen-bond donors (Lipinski definition) is 0. The molecule has 158 valence electrons. The molecule has 0 fully saturated rings. The lowest BCUT2D eigenvalue weighted by molar-refractivity contribution is -0.400. The van der Waals surface area contributed by atoms with Crippen LogP contribution in [0.25, 0.3) is 6.08 Å². The molecule has 0 aliphatic carbocycles. The van der Waals surface area contributed by atoms with Crippen molar-refractivity contribution in [1.29, 1.82) is 0 Å². The lowest BCUT2D eigenvalue weighted by Gasteiger charge is -2.14. The maximum absolute atomic E-state index is 13.0. The first-order valence-corrected chi connectivity index (χ1v) is 10.3. The molecule has 0 unspecified atom stereocenters. The van der Waals surface area contributed by atoms with E-state index in [9.17, 15) is 14.9 Å². The molecule has 3 aromatic carbocycles. The number of carbonyl (C=O) groups excluding carboxylic acids is 1. The zero-order chi connectivity index (χ0) is 22.2. The van der Waals surface area contributed by atoms with Gasteiger partial charge in [0.15, 0.2) is 11.5 Å². The topological polar surface area (TPSA) is 78.7 Å². The molecule has 0 heterocycles. The monoisotopic (exact) mass is 481 g/mol. The fourth-order valence-electron chi connectivity index (χ4n) is 3.09. The number of methoxy groups -OCH3 is 1. The van der Waals surface area contributed by atoms with Crippen LogP contribution in [0.15, 0.2) is 77.4 Å². The summed E-state index contributed by atoms with van der Waals surface area (Å²) in [6, 6.07) is 20.6. The van der Waals surface area contributed by atoms with Crippen LogP contribution in [-0.4, -0.2) is 18.0 Å². The molecule has 0 aliphatic rings. The van der Waals surface area contributed by atoms with Crippen LogP contribution in [0.3, 0.4) is 0 Å². The Morgan fingerprint density at radius 1 is 1.06 bits per heavy atom. The third kappa shape index (κ3) is 6.02. The summed E-state index contributed by atoms with van der Waals surface area (Å²) in [4.78, 5) is 23.0. The van der Waals surface area contributed by atoms with Crippen molar-refractivity contribution in [1.82, 2.24) is 0 Å². The molecule has 0 amide bonds. The van der Waals surface area contributed by atoms with Gasteiger partial charge >= 0.3 is 5.97 Å². The van der Waals surface area contributed by atoms with Crippen molar-refractivity contribution in [3.63, 3.8) is 0 Å². The quantitative estimate of drug-likeness (QED) is 0.178. The summed E-state index contributed by atoms with van der Waals surface area (Å²) >= 11 is 3.37. The van der Waals surface area contributed by atoms with Crippen LogP contribution in [-0.2, 0) is 12.8 Å². The standard InChI is InChI=1S/C24H20BrNO5/c1-30-22-16-18(13-14-26(28)29)15-21(25)23(22)31-24(27)20-10-6-5-9-19(20)12-11-17-7-3-2-4-8-17/h2-10,13-16H,11-12H2,1H3/b14-13+. The lowest BCUT2D eigenvalue weighted by Crippen LogP contribution is -2.13. The van der Waals surface area contributed by atoms with E-state index in [0.29, 0.717) is 22.0 Å². The Morgan fingerprint density at radius 3 is 2.48 bits per heavy atom. The van der Waals surface area contributed by atoms with Crippen molar-refractivity contribution in [2.24, 2.45) is 0 Å². The molecule has 3 aromatic rings. The number of aryl methyl sites for hydroxylation is 2. The molecule has 3 rings (SSSR count). The molecule has 0 saturated carbocycles. The smallest absolute Gasteiger partial charge is 0.343 e. The van der Waals surface area contributed by atoms with E-state index in [4.69, 9.17) is 9.47 Å². The molecule has 0 aromatic heterocycles. The third-order valence-electron chi connectivity index (χ3n) is 4.60. The molecule has 7 heteroatoms. The van der Waals surface area contributed by atoms with Crippen molar-refractivity contribution in [3.8, 4) is 11.5 Å². The number of hydrogen-bond acceptors (Lipinski definition) is 5. The number of halogens is 1. The third-order valence-corrected chi connectivity index (χ3v) is 5.19. The Hall–Kier alpha value is -3.45. The average Bonchev–Trinajstić information content (AvgIpc) is 2.78. The van der Waals surface area contributed by atoms with E-state index >= 15 is 0 Å². The minimum atomic E-state index is -0.555. The highest BCUT2D eigenvalue weighted by Crippen LogP contribution is 2.37. The largest absolute Gasteiger partial charge is 0.493 e. The van der Waals surface area contributed by atoms with E-state index in [1.807, 2.05) is 30.3 Å². The number of esters is 1. The van der Waals surface area contributed by atoms with Crippen molar-refractivity contribution in [2.45, 2.75) is 12.8 Å². The normalized spacial score (nSPS) is 10.8. The maximum atomic E-state index is 13.0. The molecule has 0 radical (unpaired) electrons. The van der Waals surface area contributed by atoms with Crippen molar-refractivity contribution in [3.05, 3.63) is 110 Å². The van der Waals surface area contributed by atoms with E-state index in [0.717, 1.165) is 18.2 Å². The molecular weight excluding hydrogens is 462 g/mol. The highest BCUT2D eigenvalue weighted by molar-refractivity contribution is 9.10. The average molecular weight is 482 g/mol. The second kappa shape index (κ2) is 10.5. The molecular formula is C24H20BrNO5. The first kappa shape index (κ1) is 22.2.